The van der Waals surface area contributed by atoms with Crippen molar-refractivity contribution < 1.29 is 37.3 Å². The number of carboxylic acids is 1. The molecule has 37 heavy (non-hydrogen) atoms. The van der Waals surface area contributed by atoms with E-state index in [0.717, 1.165) is 5.56 Å². The van der Waals surface area contributed by atoms with Gasteiger partial charge in [0.25, 0.3) is 5.56 Å². The number of halogens is 3. The van der Waals surface area contributed by atoms with E-state index in [1.165, 1.54) is 10.8 Å². The summed E-state index contributed by atoms with van der Waals surface area (Å²) in [5.41, 5.74) is 14.9. The van der Waals surface area contributed by atoms with Crippen molar-refractivity contribution >= 4 is 11.9 Å². The number of ether oxygens (including phenoxy) is 2. The predicted molar refractivity (Wildman–Crippen MR) is 120 cm³/mol. The Morgan fingerprint density at radius 2 is 1.97 bits per heavy atom. The number of rotatable bonds is 7. The van der Waals surface area contributed by atoms with Crippen LogP contribution >= 0.6 is 0 Å². The van der Waals surface area contributed by atoms with E-state index in [-0.39, 0.29) is 13.0 Å². The molecule has 1 saturated heterocycles. The summed E-state index contributed by atoms with van der Waals surface area (Å²) in [7, 11) is 0. The van der Waals surface area contributed by atoms with Crippen molar-refractivity contribution in [1.82, 2.24) is 9.55 Å². The highest BCUT2D eigenvalue weighted by Crippen LogP contribution is 2.30. The van der Waals surface area contributed by atoms with Gasteiger partial charge < -0.3 is 20.3 Å². The molecule has 0 radical (unpaired) electrons. The number of esters is 1. The molecule has 0 amide bonds. The Hall–Kier alpha value is -4.14. The number of benzene rings is 1. The molecule has 2 unspecified atom stereocenters. The summed E-state index contributed by atoms with van der Waals surface area (Å²) in [6.07, 6.45) is -4.72. The van der Waals surface area contributed by atoms with Crippen LogP contribution in [0.15, 0.2) is 51.2 Å². The molecule has 1 aromatic heterocycles. The topological polar surface area (TPSA) is 202 Å². The fraction of sp³-hybridized carbons (Fsp3) is 0.429. The minimum atomic E-state index is -5.08. The van der Waals surface area contributed by atoms with Crippen LogP contribution in [-0.4, -0.2) is 57.6 Å². The molecule has 1 aliphatic heterocycles. The molecule has 0 spiro atoms. The molecule has 200 valence electrons. The summed E-state index contributed by atoms with van der Waals surface area (Å²) < 4.78 is 44.0. The average molecular weight is 528 g/mol. The first kappa shape index (κ1) is 29.1. The van der Waals surface area contributed by atoms with E-state index in [9.17, 15) is 27.6 Å². The minimum absolute atomic E-state index is 0.182. The van der Waals surface area contributed by atoms with Crippen molar-refractivity contribution in [1.29, 1.82) is 0 Å². The Balaban J connectivity index is 0.000000604. The average Bonchev–Trinajstić information content (AvgIpc) is 3.23. The maximum absolute atomic E-state index is 12.3. The number of aliphatic carboxylic acids is 1. The van der Waals surface area contributed by atoms with Gasteiger partial charge in [-0.05, 0) is 24.4 Å². The molecule has 1 fully saturated rings. The molecule has 2 heterocycles. The van der Waals surface area contributed by atoms with Crippen LogP contribution in [0.4, 0.5) is 13.2 Å². The van der Waals surface area contributed by atoms with Crippen LogP contribution in [0.3, 0.4) is 0 Å². The van der Waals surface area contributed by atoms with E-state index in [4.69, 9.17) is 30.6 Å². The molecule has 4 N–H and O–H groups in total. The second kappa shape index (κ2) is 12.7. The summed E-state index contributed by atoms with van der Waals surface area (Å²) in [4.78, 5) is 49.8. The Labute approximate surface area is 206 Å². The minimum Gasteiger partial charge on any atom is -0.475 e. The van der Waals surface area contributed by atoms with Crippen molar-refractivity contribution in [3.05, 3.63) is 78.9 Å². The lowest BCUT2D eigenvalue weighted by Gasteiger charge is -2.18. The second-order valence-corrected chi connectivity index (χ2v) is 7.84. The highest BCUT2D eigenvalue weighted by molar-refractivity contribution is 5.76. The van der Waals surface area contributed by atoms with E-state index in [2.05, 4.69) is 15.0 Å². The first-order valence-electron chi connectivity index (χ1n) is 10.6. The Kier molecular flexibility index (Phi) is 9.99. The normalized spacial score (nSPS) is 19.6. The van der Waals surface area contributed by atoms with Gasteiger partial charge in [-0.1, -0.05) is 35.4 Å². The van der Waals surface area contributed by atoms with Gasteiger partial charge in [-0.15, -0.1) is 0 Å². The zero-order valence-corrected chi connectivity index (χ0v) is 19.3. The van der Waals surface area contributed by atoms with E-state index >= 15 is 0 Å². The molecule has 0 aliphatic carbocycles. The number of nitrogens with two attached hydrogens (primary N) is 1. The van der Waals surface area contributed by atoms with Crippen molar-refractivity contribution in [3.8, 4) is 0 Å². The lowest BCUT2D eigenvalue weighted by molar-refractivity contribution is -0.192. The molecule has 1 aromatic carbocycles. The first-order valence-corrected chi connectivity index (χ1v) is 10.6. The molecule has 13 nitrogen and oxygen atoms in total. The van der Waals surface area contributed by atoms with Crippen molar-refractivity contribution in [2.24, 2.45) is 10.8 Å². The molecule has 4 atom stereocenters. The molecule has 16 heteroatoms. The van der Waals surface area contributed by atoms with Gasteiger partial charge in [0.15, 0.2) is 0 Å². The number of H-pyrrole nitrogens is 1. The molecular formula is C21H23F3N6O7. The second-order valence-electron chi connectivity index (χ2n) is 7.84. The van der Waals surface area contributed by atoms with Crippen LogP contribution in [0.5, 0.6) is 0 Å². The number of nitrogens with one attached hydrogen (secondary N) is 1. The highest BCUT2D eigenvalue weighted by atomic mass is 19.4. The maximum Gasteiger partial charge on any atom is 0.490 e. The summed E-state index contributed by atoms with van der Waals surface area (Å²) in [5, 5.41) is 10.8. The first-order chi connectivity index (χ1) is 17.3. The van der Waals surface area contributed by atoms with Gasteiger partial charge in [0.05, 0.1) is 6.04 Å². The number of hydrogen-bond acceptors (Lipinski definition) is 8. The number of alkyl halides is 3. The summed E-state index contributed by atoms with van der Waals surface area (Å²) >= 11 is 0. The van der Waals surface area contributed by atoms with E-state index in [1.54, 1.807) is 6.92 Å². The number of carbonyl (C=O) groups is 2. The monoisotopic (exact) mass is 528 g/mol. The molecule has 3 rings (SSSR count). The largest absolute Gasteiger partial charge is 0.490 e. The lowest BCUT2D eigenvalue weighted by Crippen LogP contribution is -2.37. The number of nitrogens with zero attached hydrogens (tertiary/aromatic N) is 4. The summed E-state index contributed by atoms with van der Waals surface area (Å²) in [5.74, 6) is -3.37. The van der Waals surface area contributed by atoms with E-state index in [0.29, 0.717) is 12.0 Å². The van der Waals surface area contributed by atoms with Crippen LogP contribution in [-0.2, 0) is 25.5 Å². The number of hydrogen-bond donors (Lipinski definition) is 3. The van der Waals surface area contributed by atoms with Gasteiger partial charge in [0.2, 0.25) is 0 Å². The quantitative estimate of drug-likeness (QED) is 0.208. The third-order valence-electron chi connectivity index (χ3n) is 5.09. The number of carbonyl (C=O) groups excluding carboxylic acids is 1. The predicted octanol–water partition coefficient (Wildman–Crippen LogP) is 1.56. The lowest BCUT2D eigenvalue weighted by atomic mass is 10.1. The third-order valence-corrected chi connectivity index (χ3v) is 5.09. The van der Waals surface area contributed by atoms with Crippen molar-refractivity contribution in [2.45, 2.75) is 50.4 Å². The zero-order valence-electron chi connectivity index (χ0n) is 19.3. The van der Waals surface area contributed by atoms with Crippen LogP contribution in [0.2, 0.25) is 0 Å². The molecule has 0 bridgehead atoms. The van der Waals surface area contributed by atoms with Gasteiger partial charge in [0, 0.05) is 23.1 Å². The van der Waals surface area contributed by atoms with E-state index in [1.807, 2.05) is 30.3 Å². The Morgan fingerprint density at radius 3 is 2.54 bits per heavy atom. The van der Waals surface area contributed by atoms with Gasteiger partial charge in [0.1, 0.15) is 25.0 Å². The fourth-order valence-corrected chi connectivity index (χ4v) is 3.25. The third kappa shape index (κ3) is 8.49. The van der Waals surface area contributed by atoms with Crippen LogP contribution < -0.4 is 17.0 Å². The summed E-state index contributed by atoms with van der Waals surface area (Å²) in [6.45, 7) is 1.38. The zero-order chi connectivity index (χ0) is 27.8. The van der Waals surface area contributed by atoms with Gasteiger partial charge >= 0.3 is 23.8 Å². The number of aromatic amines is 1. The highest BCUT2D eigenvalue weighted by Gasteiger charge is 2.38. The number of aromatic nitrogens is 2. The van der Waals surface area contributed by atoms with Gasteiger partial charge in [-0.25, -0.2) is 9.59 Å². The fourth-order valence-electron chi connectivity index (χ4n) is 3.25. The standard InChI is InChI=1S/C19H22N6O5.C2HF3O2/c1-11-9-25(19(28)22-17(11)26)16-8-14(23-24-21)15(30-16)10-29-18(27)13(20)7-12-5-3-2-4-6-12;3-2(4,5)1(6)7/h2-6,9,13-16H,7-8,10,20H2,1H3,(H,22,26,28);(H,6,7)/t13?,14?,15-,16-;/m1./s1. The maximum atomic E-state index is 12.3. The van der Waals surface area contributed by atoms with Crippen LogP contribution in [0, 0.1) is 6.92 Å². The molecule has 0 saturated carbocycles. The molecular weight excluding hydrogens is 505 g/mol. The van der Waals surface area contributed by atoms with Gasteiger partial charge in [-0.2, -0.15) is 13.2 Å². The Morgan fingerprint density at radius 1 is 1.35 bits per heavy atom. The van der Waals surface area contributed by atoms with Crippen molar-refractivity contribution in [3.63, 3.8) is 0 Å². The SMILES string of the molecule is Cc1cn([C@H]2CC(N=[N+]=[N-])[C@@H](COC(=O)C(N)Cc3ccccc3)O2)c(=O)[nH]c1=O.O=C(O)C(F)(F)F. The number of azide groups is 1. The smallest absolute Gasteiger partial charge is 0.475 e. The summed E-state index contributed by atoms with van der Waals surface area (Å²) in [6, 6.07) is 7.78. The molecule has 1 aliphatic rings. The van der Waals surface area contributed by atoms with Crippen molar-refractivity contribution in [2.75, 3.05) is 6.61 Å². The molecule has 2 aromatic rings. The number of carboxylic acid groups (broad SMARTS) is 1. The number of aryl methyl sites for hydroxylation is 1. The van der Waals surface area contributed by atoms with Gasteiger partial charge in [-0.3, -0.25) is 19.1 Å². The van der Waals surface area contributed by atoms with Crippen LogP contribution in [0.1, 0.15) is 23.8 Å². The van der Waals surface area contributed by atoms with Crippen LogP contribution in [0.25, 0.3) is 10.4 Å². The van der Waals surface area contributed by atoms with E-state index < -0.39 is 53.8 Å². The Bertz CT molecular complexity index is 1260.